The molecule has 0 radical (unpaired) electrons. The van der Waals surface area contributed by atoms with Crippen molar-refractivity contribution in [2.24, 2.45) is 5.84 Å². The summed E-state index contributed by atoms with van der Waals surface area (Å²) < 4.78 is 7.53. The molecule has 7 heteroatoms. The molecule has 2 unspecified atom stereocenters. The summed E-state index contributed by atoms with van der Waals surface area (Å²) in [5.74, 6) is 6.89. The maximum Gasteiger partial charge on any atom is 0.180 e. The number of rotatable bonds is 3. The molecule has 2 atom stereocenters. The van der Waals surface area contributed by atoms with E-state index in [-0.39, 0.29) is 6.10 Å². The minimum Gasteiger partial charge on any atom is -0.376 e. The van der Waals surface area contributed by atoms with E-state index in [1.54, 1.807) is 6.20 Å². The van der Waals surface area contributed by atoms with Gasteiger partial charge in [-0.3, -0.25) is 0 Å². The number of imidazole rings is 1. The van der Waals surface area contributed by atoms with Crippen molar-refractivity contribution in [2.45, 2.75) is 25.5 Å². The standard InChI is InChI=1S/C12H18N6O/c1-8-9(3-6-19-8)17(2)12-11-14-4-5-18(11)7-10(15-12)16-13/h4-5,7-9,16H,3,6,13H2,1-2H3. The number of anilines is 2. The molecule has 102 valence electrons. The SMILES string of the molecule is CC1OCCC1N(C)c1nc(NN)cn2ccnc12. The predicted octanol–water partition coefficient (Wildman–Crippen LogP) is 0.628. The molecule has 0 bridgehead atoms. The Balaban J connectivity index is 2.05. The number of hydrazine groups is 1. The van der Waals surface area contributed by atoms with Crippen LogP contribution in [0.5, 0.6) is 0 Å². The van der Waals surface area contributed by atoms with Crippen molar-refractivity contribution < 1.29 is 4.74 Å². The van der Waals surface area contributed by atoms with Crippen molar-refractivity contribution in [3.05, 3.63) is 18.6 Å². The molecule has 1 aliphatic rings. The zero-order chi connectivity index (χ0) is 13.4. The Morgan fingerprint density at radius 2 is 2.42 bits per heavy atom. The highest BCUT2D eigenvalue weighted by molar-refractivity contribution is 5.67. The largest absolute Gasteiger partial charge is 0.376 e. The third-order valence-corrected chi connectivity index (χ3v) is 3.67. The van der Waals surface area contributed by atoms with Crippen LogP contribution in [0.1, 0.15) is 13.3 Å². The summed E-state index contributed by atoms with van der Waals surface area (Å²) in [5, 5.41) is 0. The van der Waals surface area contributed by atoms with E-state index in [2.05, 4.69) is 27.2 Å². The Bertz CT molecular complexity index is 583. The van der Waals surface area contributed by atoms with Crippen molar-refractivity contribution in [3.63, 3.8) is 0 Å². The fourth-order valence-electron chi connectivity index (χ4n) is 2.61. The molecule has 1 fully saturated rings. The fourth-order valence-corrected chi connectivity index (χ4v) is 2.61. The maximum atomic E-state index is 5.62. The average Bonchev–Trinajstić information content (AvgIpc) is 3.04. The molecule has 1 saturated heterocycles. The van der Waals surface area contributed by atoms with Gasteiger partial charge in [0.05, 0.1) is 18.3 Å². The molecule has 7 nitrogen and oxygen atoms in total. The number of ether oxygens (including phenoxy) is 1. The minimum absolute atomic E-state index is 0.191. The van der Waals surface area contributed by atoms with Crippen molar-refractivity contribution in [2.75, 3.05) is 24.0 Å². The van der Waals surface area contributed by atoms with Crippen molar-refractivity contribution in [1.82, 2.24) is 14.4 Å². The summed E-state index contributed by atoms with van der Waals surface area (Å²) in [6.45, 7) is 2.87. The van der Waals surface area contributed by atoms with Crippen LogP contribution < -0.4 is 16.2 Å². The number of nitrogens with zero attached hydrogens (tertiary/aromatic N) is 4. The van der Waals surface area contributed by atoms with Gasteiger partial charge in [0.25, 0.3) is 0 Å². The Morgan fingerprint density at radius 1 is 1.58 bits per heavy atom. The number of nitrogen functional groups attached to an aromatic ring is 1. The van der Waals surface area contributed by atoms with Crippen molar-refractivity contribution >= 4 is 17.3 Å². The number of likely N-dealkylation sites (N-methyl/N-ethyl adjacent to an activating group) is 1. The Hall–Kier alpha value is -1.86. The van der Waals surface area contributed by atoms with Gasteiger partial charge in [-0.05, 0) is 13.3 Å². The molecular formula is C12H18N6O. The van der Waals surface area contributed by atoms with Crippen LogP contribution in [0.15, 0.2) is 18.6 Å². The van der Waals surface area contributed by atoms with Crippen LogP contribution in [0.3, 0.4) is 0 Å². The molecule has 19 heavy (non-hydrogen) atoms. The number of nitrogens with one attached hydrogen (secondary N) is 1. The molecule has 3 heterocycles. The van der Waals surface area contributed by atoms with E-state index in [1.165, 1.54) is 0 Å². The highest BCUT2D eigenvalue weighted by atomic mass is 16.5. The first-order valence-electron chi connectivity index (χ1n) is 6.35. The summed E-state index contributed by atoms with van der Waals surface area (Å²) >= 11 is 0. The normalized spacial score (nSPS) is 22.9. The summed E-state index contributed by atoms with van der Waals surface area (Å²) in [6, 6.07) is 0.307. The zero-order valence-corrected chi connectivity index (χ0v) is 11.1. The highest BCUT2D eigenvalue weighted by Crippen LogP contribution is 2.26. The predicted molar refractivity (Wildman–Crippen MR) is 73.0 cm³/mol. The summed E-state index contributed by atoms with van der Waals surface area (Å²) in [4.78, 5) is 11.0. The Kier molecular flexibility index (Phi) is 3.00. The zero-order valence-electron chi connectivity index (χ0n) is 11.1. The lowest BCUT2D eigenvalue weighted by Gasteiger charge is -2.28. The molecule has 0 saturated carbocycles. The van der Waals surface area contributed by atoms with E-state index in [9.17, 15) is 0 Å². The smallest absolute Gasteiger partial charge is 0.180 e. The first-order valence-corrected chi connectivity index (χ1v) is 6.35. The molecule has 2 aromatic heterocycles. The lowest BCUT2D eigenvalue weighted by atomic mass is 10.1. The van der Waals surface area contributed by atoms with Gasteiger partial charge < -0.3 is 19.5 Å². The van der Waals surface area contributed by atoms with E-state index in [4.69, 9.17) is 10.6 Å². The number of hydrogen-bond donors (Lipinski definition) is 2. The van der Waals surface area contributed by atoms with Gasteiger partial charge in [-0.25, -0.2) is 15.8 Å². The highest BCUT2D eigenvalue weighted by Gasteiger charge is 2.30. The number of aromatic nitrogens is 3. The average molecular weight is 262 g/mol. The Morgan fingerprint density at radius 3 is 3.11 bits per heavy atom. The van der Waals surface area contributed by atoms with Gasteiger partial charge in [-0.2, -0.15) is 0 Å². The molecule has 0 aromatic carbocycles. The van der Waals surface area contributed by atoms with Crippen LogP contribution in [0.25, 0.3) is 5.65 Å². The number of nitrogens with two attached hydrogens (primary N) is 1. The van der Waals surface area contributed by atoms with Gasteiger partial charge >= 0.3 is 0 Å². The van der Waals surface area contributed by atoms with Crippen molar-refractivity contribution in [3.8, 4) is 0 Å². The second-order valence-electron chi connectivity index (χ2n) is 4.80. The van der Waals surface area contributed by atoms with Gasteiger partial charge in [-0.1, -0.05) is 0 Å². The van der Waals surface area contributed by atoms with Crippen LogP contribution in [-0.2, 0) is 4.74 Å². The van der Waals surface area contributed by atoms with Crippen LogP contribution in [-0.4, -0.2) is 40.2 Å². The minimum atomic E-state index is 0.191. The molecule has 2 aromatic rings. The molecule has 3 N–H and O–H groups in total. The summed E-state index contributed by atoms with van der Waals surface area (Å²) in [5.41, 5.74) is 3.41. The van der Waals surface area contributed by atoms with E-state index in [0.717, 1.165) is 24.5 Å². The van der Waals surface area contributed by atoms with E-state index in [0.29, 0.717) is 11.9 Å². The lowest BCUT2D eigenvalue weighted by Crippen LogP contribution is -2.37. The van der Waals surface area contributed by atoms with Crippen LogP contribution >= 0.6 is 0 Å². The first-order chi connectivity index (χ1) is 9.20. The van der Waals surface area contributed by atoms with E-state index < -0.39 is 0 Å². The first kappa shape index (κ1) is 12.2. The van der Waals surface area contributed by atoms with Crippen molar-refractivity contribution in [1.29, 1.82) is 0 Å². The van der Waals surface area contributed by atoms with Crippen LogP contribution in [0.2, 0.25) is 0 Å². The monoisotopic (exact) mass is 262 g/mol. The fraction of sp³-hybridized carbons (Fsp3) is 0.500. The molecule has 0 aliphatic carbocycles. The number of hydrogen-bond acceptors (Lipinski definition) is 6. The number of fused-ring (bicyclic) bond motifs is 1. The van der Waals surface area contributed by atoms with Gasteiger partial charge in [0.2, 0.25) is 0 Å². The second kappa shape index (κ2) is 4.67. The molecule has 0 amide bonds. The topological polar surface area (TPSA) is 80.7 Å². The van der Waals surface area contributed by atoms with E-state index in [1.807, 2.05) is 23.8 Å². The molecule has 0 spiro atoms. The summed E-state index contributed by atoms with van der Waals surface area (Å²) in [6.07, 6.45) is 6.63. The van der Waals surface area contributed by atoms with Gasteiger partial charge in [-0.15, -0.1) is 0 Å². The van der Waals surface area contributed by atoms with E-state index >= 15 is 0 Å². The molecule has 3 rings (SSSR count). The van der Waals surface area contributed by atoms with Gasteiger partial charge in [0.1, 0.15) is 0 Å². The summed E-state index contributed by atoms with van der Waals surface area (Å²) in [7, 11) is 2.02. The quantitative estimate of drug-likeness (QED) is 0.624. The second-order valence-corrected chi connectivity index (χ2v) is 4.80. The van der Waals surface area contributed by atoms with Gasteiger partial charge in [0, 0.05) is 26.0 Å². The van der Waals surface area contributed by atoms with Gasteiger partial charge in [0.15, 0.2) is 17.3 Å². The lowest BCUT2D eigenvalue weighted by molar-refractivity contribution is 0.118. The van der Waals surface area contributed by atoms with Crippen LogP contribution in [0, 0.1) is 0 Å². The molecule has 1 aliphatic heterocycles. The van der Waals surface area contributed by atoms with Crippen LogP contribution in [0.4, 0.5) is 11.6 Å². The third kappa shape index (κ3) is 2.00. The third-order valence-electron chi connectivity index (χ3n) is 3.67. The molecular weight excluding hydrogens is 244 g/mol. The Labute approximate surface area is 111 Å². The maximum absolute atomic E-state index is 5.62.